The van der Waals surface area contributed by atoms with E-state index >= 15 is 8.78 Å². The topological polar surface area (TPSA) is 81.9 Å². The van der Waals surface area contributed by atoms with Crippen LogP contribution in [0, 0.1) is 17.2 Å². The van der Waals surface area contributed by atoms with Gasteiger partial charge in [0.15, 0.2) is 5.83 Å². The molecule has 8 rings (SSSR count). The van der Waals surface area contributed by atoms with Crippen LogP contribution in [0.15, 0.2) is 57.2 Å². The molecule has 224 valence electrons. The summed E-state index contributed by atoms with van der Waals surface area (Å²) >= 11 is 0. The molecular weight excluding hydrogens is 550 g/mol. The number of carbonyl (C=O) groups excluding carboxylic acids is 1. The highest BCUT2D eigenvalue weighted by molar-refractivity contribution is 6.20. The van der Waals surface area contributed by atoms with Crippen LogP contribution in [0.4, 0.5) is 8.78 Å². The molecule has 4 fully saturated rings. The number of hydrogen-bond donors (Lipinski definition) is 1. The Bertz CT molecular complexity index is 1600. The number of aliphatic imine (C=N–C) groups is 3. The van der Waals surface area contributed by atoms with Crippen molar-refractivity contribution >= 4 is 40.3 Å². The fourth-order valence-electron chi connectivity index (χ4n) is 8.45. The zero-order valence-corrected chi connectivity index (χ0v) is 24.2. The SMILES string of the molecule is O=C1CC2(CCCN(C3N=C(OCC45CCCN4CCC5)N=C4C(F)=C(c5cccc6cccc(F)c56)N=CC43)C2)CN1. The number of allylic oxidation sites excluding steroid dienone is 1. The molecule has 3 atom stereocenters. The number of halogens is 2. The average molecular weight is 587 g/mol. The third-order valence-corrected chi connectivity index (χ3v) is 10.5. The van der Waals surface area contributed by atoms with E-state index in [-0.39, 0.29) is 34.3 Å². The fraction of sp³-hybridized carbons (Fsp3) is 0.515. The number of likely N-dealkylation sites (tertiary alicyclic amines) is 1. The molecule has 0 radical (unpaired) electrons. The maximum absolute atomic E-state index is 16.7. The number of piperidine rings is 1. The van der Waals surface area contributed by atoms with Crippen molar-refractivity contribution in [3.8, 4) is 0 Å². The first-order chi connectivity index (χ1) is 20.9. The summed E-state index contributed by atoms with van der Waals surface area (Å²) in [5, 5.41) is 4.03. The van der Waals surface area contributed by atoms with E-state index in [1.165, 1.54) is 6.07 Å². The summed E-state index contributed by atoms with van der Waals surface area (Å²) in [6, 6.07) is 10.3. The van der Waals surface area contributed by atoms with Gasteiger partial charge in [-0.1, -0.05) is 30.3 Å². The molecule has 4 saturated heterocycles. The first-order valence-corrected chi connectivity index (χ1v) is 15.6. The van der Waals surface area contributed by atoms with Crippen LogP contribution in [0.3, 0.4) is 0 Å². The number of benzene rings is 2. The van der Waals surface area contributed by atoms with Crippen LogP contribution < -0.4 is 5.32 Å². The lowest BCUT2D eigenvalue weighted by Crippen LogP contribution is -2.54. The highest BCUT2D eigenvalue weighted by atomic mass is 19.1. The van der Waals surface area contributed by atoms with Gasteiger partial charge in [0.2, 0.25) is 5.91 Å². The van der Waals surface area contributed by atoms with Crippen molar-refractivity contribution in [2.75, 3.05) is 39.3 Å². The minimum atomic E-state index is -0.574. The molecule has 3 unspecified atom stereocenters. The van der Waals surface area contributed by atoms with Crippen molar-refractivity contribution in [2.45, 2.75) is 56.7 Å². The normalized spacial score (nSPS) is 30.4. The molecular formula is C33H36F2N6O2. The number of rotatable bonds is 4. The van der Waals surface area contributed by atoms with Crippen LogP contribution in [0.25, 0.3) is 16.5 Å². The third kappa shape index (κ3) is 4.52. The standard InChI is InChI=1S/C33H36F2N6O2/c34-24-9-2-7-21-6-1-8-22(26(21)24)28-27(35)29-23(17-36-28)30(40-13-3-10-32(19-40)16-25(42)37-18-32)39-31(38-29)43-20-33-11-4-14-41(33)15-5-12-33/h1-2,6-9,17,23,30H,3-5,10-16,18-20H2,(H,37,42). The van der Waals surface area contributed by atoms with Gasteiger partial charge in [-0.3, -0.25) is 19.6 Å². The smallest absolute Gasteiger partial charge is 0.313 e. The molecule has 0 bridgehead atoms. The monoisotopic (exact) mass is 586 g/mol. The van der Waals surface area contributed by atoms with E-state index in [9.17, 15) is 4.79 Å². The van der Waals surface area contributed by atoms with Gasteiger partial charge in [0, 0.05) is 48.6 Å². The average Bonchev–Trinajstić information content (AvgIpc) is 3.70. The van der Waals surface area contributed by atoms with Gasteiger partial charge in [-0.2, -0.15) is 4.99 Å². The van der Waals surface area contributed by atoms with E-state index in [1.54, 1.807) is 24.4 Å². The molecule has 1 spiro atoms. The van der Waals surface area contributed by atoms with Gasteiger partial charge in [-0.15, -0.1) is 0 Å². The molecule has 10 heteroatoms. The van der Waals surface area contributed by atoms with Crippen molar-refractivity contribution in [3.63, 3.8) is 0 Å². The van der Waals surface area contributed by atoms with Crippen molar-refractivity contribution in [1.29, 1.82) is 0 Å². The van der Waals surface area contributed by atoms with Gasteiger partial charge in [0.05, 0.1) is 17.2 Å². The Morgan fingerprint density at radius 3 is 2.60 bits per heavy atom. The number of nitrogens with one attached hydrogen (secondary N) is 1. The van der Waals surface area contributed by atoms with Crippen LogP contribution in [0.1, 0.15) is 50.5 Å². The van der Waals surface area contributed by atoms with Crippen LogP contribution in [0.5, 0.6) is 0 Å². The Kier molecular flexibility index (Phi) is 6.49. The molecule has 1 N–H and O–H groups in total. The summed E-state index contributed by atoms with van der Waals surface area (Å²) < 4.78 is 38.1. The Balaban J connectivity index is 1.17. The summed E-state index contributed by atoms with van der Waals surface area (Å²) in [4.78, 5) is 31.3. The second-order valence-corrected chi connectivity index (χ2v) is 13.2. The minimum absolute atomic E-state index is 0.00579. The molecule has 6 heterocycles. The van der Waals surface area contributed by atoms with Crippen LogP contribution >= 0.6 is 0 Å². The number of nitrogens with zero attached hydrogens (tertiary/aromatic N) is 5. The Labute approximate surface area is 249 Å². The number of ether oxygens (including phenoxy) is 1. The van der Waals surface area contributed by atoms with E-state index in [1.807, 2.05) is 12.1 Å². The van der Waals surface area contributed by atoms with Gasteiger partial charge in [-0.05, 0) is 63.1 Å². The lowest BCUT2D eigenvalue weighted by Gasteiger charge is -2.44. The first-order valence-electron chi connectivity index (χ1n) is 15.6. The molecule has 0 saturated carbocycles. The molecule has 0 aromatic heterocycles. The largest absolute Gasteiger partial charge is 0.462 e. The minimum Gasteiger partial charge on any atom is -0.462 e. The quantitative estimate of drug-likeness (QED) is 0.563. The maximum atomic E-state index is 16.7. The van der Waals surface area contributed by atoms with E-state index in [0.29, 0.717) is 42.5 Å². The van der Waals surface area contributed by atoms with E-state index in [0.717, 1.165) is 58.2 Å². The van der Waals surface area contributed by atoms with Gasteiger partial charge < -0.3 is 10.1 Å². The van der Waals surface area contributed by atoms with Crippen molar-refractivity contribution < 1.29 is 18.3 Å². The fourth-order valence-corrected chi connectivity index (χ4v) is 8.45. The summed E-state index contributed by atoms with van der Waals surface area (Å²) in [6.07, 6.45) is 8.09. The highest BCUT2D eigenvalue weighted by Gasteiger charge is 2.48. The third-order valence-electron chi connectivity index (χ3n) is 10.5. The Morgan fingerprint density at radius 1 is 1.02 bits per heavy atom. The van der Waals surface area contributed by atoms with Crippen LogP contribution in [-0.2, 0) is 9.53 Å². The predicted octanol–water partition coefficient (Wildman–Crippen LogP) is 4.70. The van der Waals surface area contributed by atoms with E-state index in [2.05, 4.69) is 20.1 Å². The molecule has 1 amide bonds. The molecule has 2 aromatic carbocycles. The Morgan fingerprint density at radius 2 is 1.81 bits per heavy atom. The lowest BCUT2D eigenvalue weighted by atomic mass is 9.78. The van der Waals surface area contributed by atoms with Gasteiger partial charge in [0.1, 0.15) is 24.3 Å². The molecule has 43 heavy (non-hydrogen) atoms. The van der Waals surface area contributed by atoms with Gasteiger partial charge in [0.25, 0.3) is 0 Å². The summed E-state index contributed by atoms with van der Waals surface area (Å²) in [5.41, 5.74) is 0.530. The predicted molar refractivity (Wildman–Crippen MR) is 162 cm³/mol. The van der Waals surface area contributed by atoms with E-state index < -0.39 is 23.7 Å². The number of fused-ring (bicyclic) bond motifs is 3. The summed E-state index contributed by atoms with van der Waals surface area (Å²) in [6.45, 7) is 4.73. The van der Waals surface area contributed by atoms with Crippen molar-refractivity contribution in [2.24, 2.45) is 26.3 Å². The molecule has 6 aliphatic rings. The number of amides is 1. The number of hydrogen-bond acceptors (Lipinski definition) is 7. The molecule has 8 nitrogen and oxygen atoms in total. The molecule has 6 aliphatic heterocycles. The van der Waals surface area contributed by atoms with E-state index in [4.69, 9.17) is 14.7 Å². The maximum Gasteiger partial charge on any atom is 0.313 e. The second-order valence-electron chi connectivity index (χ2n) is 13.2. The summed E-state index contributed by atoms with van der Waals surface area (Å²) in [5.74, 6) is -1.44. The zero-order valence-electron chi connectivity index (χ0n) is 24.2. The van der Waals surface area contributed by atoms with Crippen LogP contribution in [0.2, 0.25) is 0 Å². The molecule has 0 aliphatic carbocycles. The van der Waals surface area contributed by atoms with Crippen LogP contribution in [-0.4, -0.2) is 84.7 Å². The number of carbonyl (C=O) groups is 1. The second kappa shape index (κ2) is 10.3. The first kappa shape index (κ1) is 27.1. The van der Waals surface area contributed by atoms with Gasteiger partial charge >= 0.3 is 6.02 Å². The summed E-state index contributed by atoms with van der Waals surface area (Å²) in [7, 11) is 0. The number of amidine groups is 1. The molecule has 2 aromatic rings. The van der Waals surface area contributed by atoms with Crippen molar-refractivity contribution in [1.82, 2.24) is 15.1 Å². The zero-order chi connectivity index (χ0) is 29.2. The highest BCUT2D eigenvalue weighted by Crippen LogP contribution is 2.42. The Hall–Kier alpha value is -3.50. The van der Waals surface area contributed by atoms with Gasteiger partial charge in [-0.25, -0.2) is 13.8 Å². The lowest BCUT2D eigenvalue weighted by molar-refractivity contribution is -0.120. The van der Waals surface area contributed by atoms with Crippen molar-refractivity contribution in [3.05, 3.63) is 53.6 Å².